The smallest absolute Gasteiger partial charge is 0.347 e. The van der Waals surface area contributed by atoms with Crippen molar-refractivity contribution in [1.82, 2.24) is 4.72 Å². The molecule has 1 saturated carbocycles. The zero-order chi connectivity index (χ0) is 12.8. The number of aromatic carboxylic acids is 1. The van der Waals surface area contributed by atoms with Crippen LogP contribution in [0.25, 0.3) is 0 Å². The van der Waals surface area contributed by atoms with E-state index >= 15 is 0 Å². The summed E-state index contributed by atoms with van der Waals surface area (Å²) in [5.74, 6) is -1.20. The van der Waals surface area contributed by atoms with Crippen LogP contribution in [0.3, 0.4) is 0 Å². The number of carboxylic acid groups (broad SMARTS) is 1. The number of hydrogen-bond donors (Lipinski definition) is 2. The molecular formula is C10H13NO4S2. The molecule has 0 spiro atoms. The fourth-order valence-corrected chi connectivity index (χ4v) is 4.68. The van der Waals surface area contributed by atoms with Crippen molar-refractivity contribution in [3.8, 4) is 0 Å². The highest BCUT2D eigenvalue weighted by atomic mass is 32.2. The molecule has 0 radical (unpaired) electrons. The number of carboxylic acids is 1. The maximum absolute atomic E-state index is 12.1. The van der Waals surface area contributed by atoms with Crippen LogP contribution in [-0.2, 0) is 10.0 Å². The maximum Gasteiger partial charge on any atom is 0.347 e. The summed E-state index contributed by atoms with van der Waals surface area (Å²) in [7, 11) is -3.74. The van der Waals surface area contributed by atoms with E-state index in [4.69, 9.17) is 5.11 Å². The fourth-order valence-electron chi connectivity index (χ4n) is 1.58. The zero-order valence-electron chi connectivity index (χ0n) is 9.48. The highest BCUT2D eigenvalue weighted by molar-refractivity contribution is 7.89. The van der Waals surface area contributed by atoms with E-state index in [1.54, 1.807) is 12.3 Å². The minimum atomic E-state index is -3.74. The Balaban J connectivity index is 2.45. The molecule has 5 nitrogen and oxygen atoms in total. The van der Waals surface area contributed by atoms with Gasteiger partial charge in [0.2, 0.25) is 10.0 Å². The third-order valence-corrected chi connectivity index (χ3v) is 5.80. The minimum Gasteiger partial charge on any atom is -0.477 e. The first-order chi connectivity index (χ1) is 7.75. The number of sulfonamides is 1. The summed E-state index contributed by atoms with van der Waals surface area (Å²) in [5.41, 5.74) is 0.0762. The van der Waals surface area contributed by atoms with Gasteiger partial charge < -0.3 is 5.11 Å². The summed E-state index contributed by atoms with van der Waals surface area (Å²) in [5, 5.41) is 10.5. The van der Waals surface area contributed by atoms with Crippen LogP contribution in [0, 0.1) is 6.92 Å². The van der Waals surface area contributed by atoms with Crippen molar-refractivity contribution >= 4 is 27.3 Å². The van der Waals surface area contributed by atoms with Gasteiger partial charge in [0, 0.05) is 5.54 Å². The van der Waals surface area contributed by atoms with Crippen LogP contribution in [0.4, 0.5) is 0 Å². The number of aryl methyl sites for hydroxylation is 1. The van der Waals surface area contributed by atoms with Gasteiger partial charge in [0.25, 0.3) is 0 Å². The third kappa shape index (κ3) is 2.36. The van der Waals surface area contributed by atoms with Crippen molar-refractivity contribution < 1.29 is 18.3 Å². The molecule has 94 valence electrons. The predicted octanol–water partition coefficient (Wildman–Crippen LogP) is 1.59. The lowest BCUT2D eigenvalue weighted by Gasteiger charge is -2.12. The van der Waals surface area contributed by atoms with Gasteiger partial charge in [-0.1, -0.05) is 0 Å². The highest BCUT2D eigenvalue weighted by Gasteiger charge is 2.42. The maximum atomic E-state index is 12.1. The summed E-state index contributed by atoms with van der Waals surface area (Å²) in [6, 6.07) is 0. The second-order valence-electron chi connectivity index (χ2n) is 4.55. The molecule has 1 aliphatic carbocycles. The highest BCUT2D eigenvalue weighted by Crippen LogP contribution is 2.37. The number of rotatable bonds is 4. The molecule has 0 bridgehead atoms. The van der Waals surface area contributed by atoms with E-state index in [2.05, 4.69) is 4.72 Å². The van der Waals surface area contributed by atoms with Gasteiger partial charge in [-0.3, -0.25) is 0 Å². The lowest BCUT2D eigenvalue weighted by atomic mass is 10.3. The van der Waals surface area contributed by atoms with Crippen molar-refractivity contribution in [3.05, 3.63) is 15.8 Å². The van der Waals surface area contributed by atoms with Gasteiger partial charge in [0.1, 0.15) is 9.77 Å². The molecule has 0 amide bonds. The molecule has 1 aromatic heterocycles. The monoisotopic (exact) mass is 275 g/mol. The van der Waals surface area contributed by atoms with E-state index in [1.165, 1.54) is 0 Å². The molecule has 0 atom stereocenters. The van der Waals surface area contributed by atoms with Crippen LogP contribution in [0.15, 0.2) is 10.3 Å². The molecule has 17 heavy (non-hydrogen) atoms. The summed E-state index contributed by atoms with van der Waals surface area (Å²) >= 11 is 0.939. The first-order valence-electron chi connectivity index (χ1n) is 5.10. The molecule has 1 fully saturated rings. The van der Waals surface area contributed by atoms with Crippen LogP contribution in [0.5, 0.6) is 0 Å². The number of nitrogens with one attached hydrogen (secondary N) is 1. The van der Waals surface area contributed by atoms with Crippen molar-refractivity contribution in [1.29, 1.82) is 0 Å². The Morgan fingerprint density at radius 1 is 1.53 bits per heavy atom. The number of thiophene rings is 1. The standard InChI is InChI=1S/C10H13NO4S2/c1-6-5-16-7(9(12)13)8(6)17(14,15)11-10(2)3-4-10/h5,11H,3-4H2,1-2H3,(H,12,13). The van der Waals surface area contributed by atoms with Gasteiger partial charge in [-0.25, -0.2) is 17.9 Å². The third-order valence-electron chi connectivity index (χ3n) is 2.76. The summed E-state index contributed by atoms with van der Waals surface area (Å²) in [6.07, 6.45) is 1.58. The summed E-state index contributed by atoms with van der Waals surface area (Å²) in [6.45, 7) is 3.42. The molecule has 1 aliphatic rings. The zero-order valence-corrected chi connectivity index (χ0v) is 11.1. The molecule has 1 heterocycles. The van der Waals surface area contributed by atoms with Gasteiger partial charge in [0.15, 0.2) is 0 Å². The Labute approximate surface area is 104 Å². The Morgan fingerprint density at radius 2 is 2.12 bits per heavy atom. The second kappa shape index (κ2) is 3.79. The van der Waals surface area contributed by atoms with E-state index in [0.717, 1.165) is 24.2 Å². The second-order valence-corrected chi connectivity index (χ2v) is 7.05. The summed E-state index contributed by atoms with van der Waals surface area (Å²) < 4.78 is 26.8. The van der Waals surface area contributed by atoms with Crippen molar-refractivity contribution in [2.75, 3.05) is 0 Å². The Hall–Kier alpha value is -0.920. The lowest BCUT2D eigenvalue weighted by Crippen LogP contribution is -2.35. The lowest BCUT2D eigenvalue weighted by molar-refractivity contribution is 0.0698. The molecule has 0 saturated heterocycles. The molecule has 0 aromatic carbocycles. The molecule has 2 rings (SSSR count). The van der Waals surface area contributed by atoms with E-state index in [0.29, 0.717) is 5.56 Å². The van der Waals surface area contributed by atoms with E-state index in [1.807, 2.05) is 6.92 Å². The molecule has 1 aromatic rings. The van der Waals surface area contributed by atoms with Gasteiger partial charge in [-0.15, -0.1) is 11.3 Å². The van der Waals surface area contributed by atoms with Crippen LogP contribution in [-0.4, -0.2) is 25.0 Å². The SMILES string of the molecule is Cc1csc(C(=O)O)c1S(=O)(=O)NC1(C)CC1. The fraction of sp³-hybridized carbons (Fsp3) is 0.500. The van der Waals surface area contributed by atoms with Crippen LogP contribution in [0.2, 0.25) is 0 Å². The van der Waals surface area contributed by atoms with Gasteiger partial charge >= 0.3 is 5.97 Å². The number of carbonyl (C=O) groups is 1. The van der Waals surface area contributed by atoms with Gasteiger partial charge in [-0.2, -0.15) is 0 Å². The Morgan fingerprint density at radius 3 is 2.59 bits per heavy atom. The average molecular weight is 275 g/mol. The average Bonchev–Trinajstić information content (AvgIpc) is 2.75. The van der Waals surface area contributed by atoms with Crippen molar-refractivity contribution in [2.24, 2.45) is 0 Å². The molecule has 7 heteroatoms. The minimum absolute atomic E-state index is 0.0943. The van der Waals surface area contributed by atoms with Crippen molar-refractivity contribution in [3.63, 3.8) is 0 Å². The largest absolute Gasteiger partial charge is 0.477 e. The van der Waals surface area contributed by atoms with Crippen LogP contribution >= 0.6 is 11.3 Å². The van der Waals surface area contributed by atoms with Crippen LogP contribution in [0.1, 0.15) is 35.0 Å². The first-order valence-corrected chi connectivity index (χ1v) is 7.47. The van der Waals surface area contributed by atoms with E-state index < -0.39 is 21.5 Å². The van der Waals surface area contributed by atoms with E-state index in [-0.39, 0.29) is 9.77 Å². The van der Waals surface area contributed by atoms with Gasteiger partial charge in [-0.05, 0) is 37.6 Å². The topological polar surface area (TPSA) is 83.5 Å². The molecule has 0 unspecified atom stereocenters. The summed E-state index contributed by atoms with van der Waals surface area (Å²) in [4.78, 5) is 10.8. The number of hydrogen-bond acceptors (Lipinski definition) is 4. The van der Waals surface area contributed by atoms with Crippen molar-refractivity contribution in [2.45, 2.75) is 37.1 Å². The predicted molar refractivity (Wildman–Crippen MR) is 64.0 cm³/mol. The molecular weight excluding hydrogens is 262 g/mol. The van der Waals surface area contributed by atoms with E-state index in [9.17, 15) is 13.2 Å². The molecule has 2 N–H and O–H groups in total. The van der Waals surface area contributed by atoms with Gasteiger partial charge in [0.05, 0.1) is 0 Å². The first kappa shape index (κ1) is 12.5. The van der Waals surface area contributed by atoms with Crippen LogP contribution < -0.4 is 4.72 Å². The Kier molecular flexibility index (Phi) is 2.80. The normalized spacial score (nSPS) is 18.0. The Bertz CT molecular complexity index is 569. The quantitative estimate of drug-likeness (QED) is 0.874. The molecule has 0 aliphatic heterocycles.